The van der Waals surface area contributed by atoms with Crippen molar-refractivity contribution in [2.24, 2.45) is 7.05 Å². The molecular weight excluding hydrogens is 304 g/mol. The van der Waals surface area contributed by atoms with Crippen molar-refractivity contribution >= 4 is 5.91 Å². The van der Waals surface area contributed by atoms with E-state index in [4.69, 9.17) is 4.74 Å². The molecule has 0 spiro atoms. The SMILES string of the molecule is COC1CCC(NC(=O)c2cc(C)cc(-c3cncn3C)n2)CC1. The minimum Gasteiger partial charge on any atom is -0.381 e. The number of carbonyl (C=O) groups is 1. The van der Waals surface area contributed by atoms with Crippen molar-refractivity contribution in [2.75, 3.05) is 7.11 Å². The van der Waals surface area contributed by atoms with E-state index in [1.807, 2.05) is 30.7 Å². The Hall–Kier alpha value is -2.21. The Labute approximate surface area is 142 Å². The van der Waals surface area contributed by atoms with Crippen LogP contribution in [0.5, 0.6) is 0 Å². The van der Waals surface area contributed by atoms with E-state index in [1.54, 1.807) is 19.6 Å². The molecular formula is C18H24N4O2. The largest absolute Gasteiger partial charge is 0.381 e. The first kappa shape index (κ1) is 16.6. The van der Waals surface area contributed by atoms with Gasteiger partial charge in [0.1, 0.15) is 5.69 Å². The number of rotatable bonds is 4. The number of ether oxygens (including phenoxy) is 1. The maximum atomic E-state index is 12.6. The first-order valence-electron chi connectivity index (χ1n) is 8.36. The molecule has 2 aromatic heterocycles. The van der Waals surface area contributed by atoms with Gasteiger partial charge in [0.05, 0.1) is 30.0 Å². The van der Waals surface area contributed by atoms with Gasteiger partial charge in [0.25, 0.3) is 5.91 Å². The van der Waals surface area contributed by atoms with Crippen LogP contribution in [-0.4, -0.2) is 39.7 Å². The second-order valence-electron chi connectivity index (χ2n) is 6.49. The molecule has 0 unspecified atom stereocenters. The van der Waals surface area contributed by atoms with Crippen molar-refractivity contribution in [1.29, 1.82) is 0 Å². The van der Waals surface area contributed by atoms with Gasteiger partial charge in [0, 0.05) is 20.2 Å². The van der Waals surface area contributed by atoms with E-state index in [0.717, 1.165) is 42.6 Å². The van der Waals surface area contributed by atoms with E-state index in [0.29, 0.717) is 11.8 Å². The van der Waals surface area contributed by atoms with Crippen molar-refractivity contribution in [3.63, 3.8) is 0 Å². The van der Waals surface area contributed by atoms with Gasteiger partial charge in [-0.05, 0) is 50.3 Å². The highest BCUT2D eigenvalue weighted by atomic mass is 16.5. The number of nitrogens with one attached hydrogen (secondary N) is 1. The van der Waals surface area contributed by atoms with Crippen LogP contribution in [0, 0.1) is 6.92 Å². The smallest absolute Gasteiger partial charge is 0.270 e. The molecule has 6 heteroatoms. The zero-order valence-electron chi connectivity index (χ0n) is 14.5. The molecule has 0 aliphatic heterocycles. The third-order valence-electron chi connectivity index (χ3n) is 4.62. The van der Waals surface area contributed by atoms with Crippen molar-refractivity contribution < 1.29 is 9.53 Å². The zero-order valence-corrected chi connectivity index (χ0v) is 14.5. The lowest BCUT2D eigenvalue weighted by Crippen LogP contribution is -2.39. The minimum atomic E-state index is -0.108. The number of pyridine rings is 1. The number of carbonyl (C=O) groups excluding carboxylic acids is 1. The molecule has 6 nitrogen and oxygen atoms in total. The predicted molar refractivity (Wildman–Crippen MR) is 91.7 cm³/mol. The maximum Gasteiger partial charge on any atom is 0.270 e. The van der Waals surface area contributed by atoms with Gasteiger partial charge in [-0.25, -0.2) is 9.97 Å². The number of nitrogens with zero attached hydrogens (tertiary/aromatic N) is 3. The lowest BCUT2D eigenvalue weighted by Gasteiger charge is -2.28. The second-order valence-corrected chi connectivity index (χ2v) is 6.49. The number of amides is 1. The third-order valence-corrected chi connectivity index (χ3v) is 4.62. The summed E-state index contributed by atoms with van der Waals surface area (Å²) in [7, 11) is 3.67. The summed E-state index contributed by atoms with van der Waals surface area (Å²) in [5, 5.41) is 3.11. The fourth-order valence-corrected chi connectivity index (χ4v) is 3.22. The molecule has 1 aliphatic rings. The zero-order chi connectivity index (χ0) is 17.1. The predicted octanol–water partition coefficient (Wildman–Crippen LogP) is 2.48. The molecule has 1 N–H and O–H groups in total. The molecule has 2 heterocycles. The summed E-state index contributed by atoms with van der Waals surface area (Å²) in [4.78, 5) is 21.3. The average molecular weight is 328 g/mol. The molecule has 0 atom stereocenters. The normalized spacial score (nSPS) is 20.8. The summed E-state index contributed by atoms with van der Waals surface area (Å²) in [5.41, 5.74) is 3.13. The monoisotopic (exact) mass is 328 g/mol. The van der Waals surface area contributed by atoms with E-state index in [1.165, 1.54) is 0 Å². The molecule has 0 bridgehead atoms. The van der Waals surface area contributed by atoms with Crippen molar-refractivity contribution in [3.05, 3.63) is 35.9 Å². The number of imidazole rings is 1. The topological polar surface area (TPSA) is 69.0 Å². The Bertz CT molecular complexity index is 718. The molecule has 2 aromatic rings. The van der Waals surface area contributed by atoms with Crippen LogP contribution in [0.4, 0.5) is 0 Å². The van der Waals surface area contributed by atoms with Crippen LogP contribution in [0.25, 0.3) is 11.4 Å². The Kier molecular flexibility index (Phi) is 4.94. The molecule has 1 amide bonds. The van der Waals surface area contributed by atoms with E-state index in [2.05, 4.69) is 15.3 Å². The summed E-state index contributed by atoms with van der Waals surface area (Å²) in [5.74, 6) is -0.108. The quantitative estimate of drug-likeness (QED) is 0.936. The Balaban J connectivity index is 1.73. The van der Waals surface area contributed by atoms with Gasteiger partial charge in [-0.3, -0.25) is 4.79 Å². The molecule has 1 aliphatic carbocycles. The molecule has 0 saturated heterocycles. The summed E-state index contributed by atoms with van der Waals surface area (Å²) in [6, 6.07) is 4.00. The van der Waals surface area contributed by atoms with Gasteiger partial charge in [0.2, 0.25) is 0 Å². The molecule has 0 aromatic carbocycles. The van der Waals surface area contributed by atoms with Gasteiger partial charge in [0.15, 0.2) is 0 Å². The number of aromatic nitrogens is 3. The van der Waals surface area contributed by atoms with E-state index in [-0.39, 0.29) is 11.9 Å². The standard InChI is InChI=1S/C18H24N4O2/c1-12-8-15(17-10-19-11-22(17)2)21-16(9-12)18(23)20-13-4-6-14(24-3)7-5-13/h8-11,13-14H,4-7H2,1-3H3,(H,20,23). The lowest BCUT2D eigenvalue weighted by molar-refractivity contribution is 0.0598. The van der Waals surface area contributed by atoms with Crippen LogP contribution in [0.1, 0.15) is 41.7 Å². The first-order chi connectivity index (χ1) is 11.6. The fourth-order valence-electron chi connectivity index (χ4n) is 3.22. The van der Waals surface area contributed by atoms with Crippen LogP contribution in [-0.2, 0) is 11.8 Å². The van der Waals surface area contributed by atoms with Gasteiger partial charge >= 0.3 is 0 Å². The van der Waals surface area contributed by atoms with Crippen LogP contribution < -0.4 is 5.32 Å². The molecule has 0 radical (unpaired) electrons. The average Bonchev–Trinajstić information content (AvgIpc) is 3.01. The van der Waals surface area contributed by atoms with Gasteiger partial charge in [-0.1, -0.05) is 0 Å². The van der Waals surface area contributed by atoms with E-state index < -0.39 is 0 Å². The number of methoxy groups -OCH3 is 1. The van der Waals surface area contributed by atoms with Gasteiger partial charge < -0.3 is 14.6 Å². The molecule has 128 valence electrons. The van der Waals surface area contributed by atoms with Gasteiger partial charge in [-0.2, -0.15) is 0 Å². The molecule has 24 heavy (non-hydrogen) atoms. The highest BCUT2D eigenvalue weighted by molar-refractivity contribution is 5.93. The Morgan fingerprint density at radius 2 is 2.04 bits per heavy atom. The highest BCUT2D eigenvalue weighted by Crippen LogP contribution is 2.22. The van der Waals surface area contributed by atoms with Crippen molar-refractivity contribution in [3.8, 4) is 11.4 Å². The summed E-state index contributed by atoms with van der Waals surface area (Å²) in [6.45, 7) is 1.97. The van der Waals surface area contributed by atoms with E-state index >= 15 is 0 Å². The van der Waals surface area contributed by atoms with Crippen LogP contribution in [0.15, 0.2) is 24.7 Å². The Morgan fingerprint density at radius 1 is 1.29 bits per heavy atom. The minimum absolute atomic E-state index is 0.108. The third kappa shape index (κ3) is 3.64. The molecule has 3 rings (SSSR count). The van der Waals surface area contributed by atoms with Crippen molar-refractivity contribution in [1.82, 2.24) is 19.9 Å². The van der Waals surface area contributed by atoms with Gasteiger partial charge in [-0.15, -0.1) is 0 Å². The molecule has 1 fully saturated rings. The Morgan fingerprint density at radius 3 is 2.67 bits per heavy atom. The summed E-state index contributed by atoms with van der Waals surface area (Å²) in [6.07, 6.45) is 7.69. The van der Waals surface area contributed by atoms with Crippen LogP contribution >= 0.6 is 0 Å². The van der Waals surface area contributed by atoms with Crippen LogP contribution in [0.2, 0.25) is 0 Å². The van der Waals surface area contributed by atoms with Crippen LogP contribution in [0.3, 0.4) is 0 Å². The lowest BCUT2D eigenvalue weighted by atomic mass is 9.93. The molecule has 1 saturated carbocycles. The van der Waals surface area contributed by atoms with Crippen molar-refractivity contribution in [2.45, 2.75) is 44.8 Å². The number of aryl methyl sites for hydroxylation is 2. The first-order valence-corrected chi connectivity index (χ1v) is 8.36. The maximum absolute atomic E-state index is 12.6. The highest BCUT2D eigenvalue weighted by Gasteiger charge is 2.23. The number of hydrogen-bond acceptors (Lipinski definition) is 4. The number of hydrogen-bond donors (Lipinski definition) is 1. The summed E-state index contributed by atoms with van der Waals surface area (Å²) >= 11 is 0. The van der Waals surface area contributed by atoms with E-state index in [9.17, 15) is 4.79 Å². The second kappa shape index (κ2) is 7.13. The fraction of sp³-hybridized carbons (Fsp3) is 0.500. The summed E-state index contributed by atoms with van der Waals surface area (Å²) < 4.78 is 7.28.